The fourth-order valence-corrected chi connectivity index (χ4v) is 5.13. The lowest BCUT2D eigenvalue weighted by Crippen LogP contribution is -2.26. The highest BCUT2D eigenvalue weighted by molar-refractivity contribution is 8.14. The summed E-state index contributed by atoms with van der Waals surface area (Å²) in [6.07, 6.45) is 0. The number of amides is 1. The van der Waals surface area contributed by atoms with Gasteiger partial charge < -0.3 is 24.1 Å². The monoisotopic (exact) mass is 548 g/mol. The second-order valence-corrected chi connectivity index (χ2v) is 9.36. The maximum absolute atomic E-state index is 13.6. The molecule has 0 aliphatic carbocycles. The van der Waals surface area contributed by atoms with Gasteiger partial charge in [0.1, 0.15) is 34.4 Å². The number of hydrogen-bond acceptors (Lipinski definition) is 8. The summed E-state index contributed by atoms with van der Waals surface area (Å²) in [5.41, 5.74) is 1.22. The third-order valence-electron chi connectivity index (χ3n) is 5.80. The number of nitrogens with zero attached hydrogens (tertiary/aromatic N) is 2. The molecule has 2 N–H and O–H groups in total. The van der Waals surface area contributed by atoms with Crippen molar-refractivity contribution in [3.05, 3.63) is 113 Å². The number of para-hydroxylation sites is 2. The summed E-state index contributed by atoms with van der Waals surface area (Å²) in [6.45, 7) is -0.0667. The van der Waals surface area contributed by atoms with Crippen molar-refractivity contribution in [2.24, 2.45) is 5.10 Å². The minimum atomic E-state index is -1.19. The van der Waals surface area contributed by atoms with E-state index in [1.807, 2.05) is 0 Å². The standard InChI is InChI=1S/C28H21FN2O7S/c1-36-24-20(6-4-8-22(24)37-15-18-13-14-23(38-18)28(34)35)27-31(26(33)19-5-2-3-7-21(19)32)30-25(39-27)16-9-11-17(29)12-10-16/h2-14,27,32H,15H2,1H3,(H,34,35). The van der Waals surface area contributed by atoms with Gasteiger partial charge >= 0.3 is 5.97 Å². The fourth-order valence-electron chi connectivity index (χ4n) is 3.95. The second kappa shape index (κ2) is 10.9. The van der Waals surface area contributed by atoms with E-state index in [0.717, 1.165) is 0 Å². The van der Waals surface area contributed by atoms with Gasteiger partial charge in [-0.25, -0.2) is 14.2 Å². The van der Waals surface area contributed by atoms with Crippen molar-refractivity contribution < 1.29 is 38.1 Å². The van der Waals surface area contributed by atoms with Gasteiger partial charge in [0.25, 0.3) is 5.91 Å². The van der Waals surface area contributed by atoms with Crippen LogP contribution in [0.25, 0.3) is 0 Å². The van der Waals surface area contributed by atoms with Crippen LogP contribution in [-0.2, 0) is 6.61 Å². The Balaban J connectivity index is 1.50. The molecule has 198 valence electrons. The van der Waals surface area contributed by atoms with Crippen molar-refractivity contribution in [1.29, 1.82) is 0 Å². The Labute approximate surface area is 226 Å². The molecule has 1 aliphatic heterocycles. The average molecular weight is 549 g/mol. The highest BCUT2D eigenvalue weighted by atomic mass is 32.2. The van der Waals surface area contributed by atoms with Crippen molar-refractivity contribution in [2.75, 3.05) is 7.11 Å². The van der Waals surface area contributed by atoms with Gasteiger partial charge in [-0.1, -0.05) is 36.0 Å². The zero-order valence-electron chi connectivity index (χ0n) is 20.4. The minimum Gasteiger partial charge on any atom is -0.507 e. The van der Waals surface area contributed by atoms with Crippen LogP contribution in [0.1, 0.15) is 43.2 Å². The van der Waals surface area contributed by atoms with Crippen molar-refractivity contribution >= 4 is 28.7 Å². The van der Waals surface area contributed by atoms with E-state index in [2.05, 4.69) is 5.10 Å². The van der Waals surface area contributed by atoms with E-state index < -0.39 is 23.1 Å². The van der Waals surface area contributed by atoms with Crippen LogP contribution in [0.5, 0.6) is 17.2 Å². The van der Waals surface area contributed by atoms with Crippen LogP contribution in [0.4, 0.5) is 4.39 Å². The molecule has 0 spiro atoms. The first-order valence-electron chi connectivity index (χ1n) is 11.6. The number of halogens is 1. The van der Waals surface area contributed by atoms with Crippen molar-refractivity contribution in [1.82, 2.24) is 5.01 Å². The molecule has 11 heteroatoms. The molecular formula is C28H21FN2O7S. The molecule has 4 aromatic rings. The first-order valence-corrected chi connectivity index (χ1v) is 12.5. The summed E-state index contributed by atoms with van der Waals surface area (Å²) in [6, 6.07) is 19.9. The number of rotatable bonds is 8. The van der Waals surface area contributed by atoms with Crippen LogP contribution >= 0.6 is 11.8 Å². The Bertz CT molecular complexity index is 1570. The Hall–Kier alpha value is -4.77. The molecule has 0 radical (unpaired) electrons. The summed E-state index contributed by atoms with van der Waals surface area (Å²) >= 11 is 1.25. The fraction of sp³-hybridized carbons (Fsp3) is 0.107. The molecule has 0 saturated carbocycles. The third-order valence-corrected chi connectivity index (χ3v) is 7.02. The molecule has 39 heavy (non-hydrogen) atoms. The molecule has 0 bridgehead atoms. The predicted molar refractivity (Wildman–Crippen MR) is 141 cm³/mol. The lowest BCUT2D eigenvalue weighted by atomic mass is 10.1. The van der Waals surface area contributed by atoms with E-state index in [0.29, 0.717) is 33.4 Å². The van der Waals surface area contributed by atoms with Gasteiger partial charge in [0.05, 0.1) is 12.7 Å². The molecule has 0 saturated heterocycles. The maximum atomic E-state index is 13.6. The molecule has 1 aliphatic rings. The zero-order valence-corrected chi connectivity index (χ0v) is 21.2. The van der Waals surface area contributed by atoms with E-state index in [-0.39, 0.29) is 23.7 Å². The Morgan fingerprint density at radius 3 is 2.51 bits per heavy atom. The number of thioether (sulfide) groups is 1. The molecule has 1 unspecified atom stereocenters. The number of hydrogen-bond donors (Lipinski definition) is 2. The molecular weight excluding hydrogens is 527 g/mol. The van der Waals surface area contributed by atoms with Crippen LogP contribution in [-0.4, -0.2) is 39.3 Å². The molecule has 1 aromatic heterocycles. The van der Waals surface area contributed by atoms with Gasteiger partial charge in [0.15, 0.2) is 11.5 Å². The molecule has 5 rings (SSSR count). The van der Waals surface area contributed by atoms with E-state index in [1.54, 1.807) is 42.5 Å². The largest absolute Gasteiger partial charge is 0.507 e. The Morgan fingerprint density at radius 2 is 1.82 bits per heavy atom. The van der Waals surface area contributed by atoms with Crippen LogP contribution in [0.3, 0.4) is 0 Å². The van der Waals surface area contributed by atoms with Crippen LogP contribution in [0, 0.1) is 5.82 Å². The van der Waals surface area contributed by atoms with E-state index in [1.165, 1.54) is 60.3 Å². The number of carbonyl (C=O) groups excluding carboxylic acids is 1. The van der Waals surface area contributed by atoms with Gasteiger partial charge in [0, 0.05) is 11.1 Å². The van der Waals surface area contributed by atoms with Crippen molar-refractivity contribution in [2.45, 2.75) is 12.0 Å². The smallest absolute Gasteiger partial charge is 0.371 e. The van der Waals surface area contributed by atoms with E-state index in [4.69, 9.17) is 19.0 Å². The molecule has 3 aromatic carbocycles. The Morgan fingerprint density at radius 1 is 1.05 bits per heavy atom. The van der Waals surface area contributed by atoms with Crippen molar-refractivity contribution in [3.63, 3.8) is 0 Å². The lowest BCUT2D eigenvalue weighted by Gasteiger charge is -2.24. The van der Waals surface area contributed by atoms with Gasteiger partial charge in [-0.05, 0) is 54.6 Å². The summed E-state index contributed by atoms with van der Waals surface area (Å²) in [4.78, 5) is 24.7. The van der Waals surface area contributed by atoms with Crippen LogP contribution < -0.4 is 9.47 Å². The quantitative estimate of drug-likeness (QED) is 0.289. The zero-order chi connectivity index (χ0) is 27.5. The molecule has 0 fully saturated rings. The van der Waals surface area contributed by atoms with E-state index in [9.17, 15) is 19.1 Å². The second-order valence-electron chi connectivity index (χ2n) is 8.29. The summed E-state index contributed by atoms with van der Waals surface area (Å²) in [5.74, 6) is -1.59. The first kappa shape index (κ1) is 25.9. The first-order chi connectivity index (χ1) is 18.9. The number of carboxylic acids is 1. The minimum absolute atomic E-state index is 0.0608. The number of phenolic OH excluding ortho intramolecular Hbond substituents is 1. The number of benzene rings is 3. The van der Waals surface area contributed by atoms with Gasteiger partial charge in [-0.2, -0.15) is 5.10 Å². The highest BCUT2D eigenvalue weighted by Crippen LogP contribution is 2.48. The third kappa shape index (κ3) is 5.30. The number of carboxylic acid groups (broad SMARTS) is 1. The number of methoxy groups -OCH3 is 1. The topological polar surface area (TPSA) is 122 Å². The molecule has 9 nitrogen and oxygen atoms in total. The normalized spacial score (nSPS) is 14.7. The van der Waals surface area contributed by atoms with Gasteiger partial charge in [-0.15, -0.1) is 0 Å². The SMILES string of the molecule is COc1c(OCc2ccc(C(=O)O)o2)cccc1C1SC(c2ccc(F)cc2)=NN1C(=O)c1ccccc1O. The highest BCUT2D eigenvalue weighted by Gasteiger charge is 2.37. The van der Waals surface area contributed by atoms with Crippen molar-refractivity contribution in [3.8, 4) is 17.2 Å². The number of furan rings is 1. The molecule has 1 amide bonds. The number of aromatic carboxylic acids is 1. The summed E-state index contributed by atoms with van der Waals surface area (Å²) in [5, 5.41) is 24.9. The molecule has 2 heterocycles. The van der Waals surface area contributed by atoms with Crippen LogP contribution in [0.15, 0.2) is 88.4 Å². The predicted octanol–water partition coefficient (Wildman–Crippen LogP) is 5.66. The lowest BCUT2D eigenvalue weighted by molar-refractivity contribution is 0.0657. The number of hydrazone groups is 1. The number of aromatic hydroxyl groups is 1. The Kier molecular flexibility index (Phi) is 7.24. The maximum Gasteiger partial charge on any atom is 0.371 e. The summed E-state index contributed by atoms with van der Waals surface area (Å²) in [7, 11) is 1.46. The van der Waals surface area contributed by atoms with E-state index >= 15 is 0 Å². The van der Waals surface area contributed by atoms with Gasteiger partial charge in [-0.3, -0.25) is 4.79 Å². The molecule has 1 atom stereocenters. The number of phenols is 1. The van der Waals surface area contributed by atoms with Crippen LogP contribution in [0.2, 0.25) is 0 Å². The summed E-state index contributed by atoms with van der Waals surface area (Å²) < 4.78 is 30.4. The van der Waals surface area contributed by atoms with Gasteiger partial charge in [0.2, 0.25) is 5.76 Å². The number of carbonyl (C=O) groups is 2. The average Bonchev–Trinajstić information content (AvgIpc) is 3.60. The number of ether oxygens (including phenoxy) is 2.